The molecule has 0 spiro atoms. The molecule has 0 aromatic rings. The summed E-state index contributed by atoms with van der Waals surface area (Å²) in [5.41, 5.74) is 0. The van der Waals surface area contributed by atoms with E-state index in [0.717, 1.165) is 26.4 Å². The average Bonchev–Trinajstić information content (AvgIpc) is 1.88. The van der Waals surface area contributed by atoms with Crippen LogP contribution in [0.3, 0.4) is 0 Å². The highest BCUT2D eigenvalue weighted by Gasteiger charge is 2.21. The first-order valence-corrected chi connectivity index (χ1v) is 4.35. The van der Waals surface area contributed by atoms with Crippen molar-refractivity contribution in [1.29, 1.82) is 0 Å². The molecule has 2 fully saturated rings. The Morgan fingerprint density at radius 1 is 0.833 bits per heavy atom. The molecule has 4 nitrogen and oxygen atoms in total. The summed E-state index contributed by atoms with van der Waals surface area (Å²) in [6.07, 6.45) is 0. The van der Waals surface area contributed by atoms with Crippen LogP contribution in [0.4, 0.5) is 0 Å². The highest BCUT2D eigenvalue weighted by molar-refractivity contribution is 4.64. The first-order valence-electron chi connectivity index (χ1n) is 4.35. The predicted octanol–water partition coefficient (Wildman–Crippen LogP) is 0.227. The molecule has 2 saturated heterocycles. The van der Waals surface area contributed by atoms with Gasteiger partial charge in [0.1, 0.15) is 0 Å². The van der Waals surface area contributed by atoms with Crippen LogP contribution in [0.15, 0.2) is 0 Å². The van der Waals surface area contributed by atoms with Gasteiger partial charge in [0.25, 0.3) is 0 Å². The molecule has 0 aromatic heterocycles. The molecule has 0 aliphatic carbocycles. The smallest absolute Gasteiger partial charge is 0.0894 e. The molecule has 2 rings (SSSR count). The fourth-order valence-corrected chi connectivity index (χ4v) is 1.05. The topological polar surface area (TPSA) is 36.9 Å². The standard InChI is InChI=1S/C8H14O4/c1-7(2-9-1)5-11-12-6-8-3-10-4-8/h7-8H,1-6H2. The molecule has 0 aromatic carbocycles. The van der Waals surface area contributed by atoms with Gasteiger partial charge in [-0.2, -0.15) is 0 Å². The molecule has 2 heterocycles. The fourth-order valence-electron chi connectivity index (χ4n) is 1.05. The second kappa shape index (κ2) is 4.18. The van der Waals surface area contributed by atoms with Crippen LogP contribution in [0.1, 0.15) is 0 Å². The molecular weight excluding hydrogens is 160 g/mol. The van der Waals surface area contributed by atoms with E-state index in [2.05, 4.69) is 0 Å². The van der Waals surface area contributed by atoms with Gasteiger partial charge >= 0.3 is 0 Å². The lowest BCUT2D eigenvalue weighted by Crippen LogP contribution is -2.34. The molecule has 0 amide bonds. The first-order chi connectivity index (χ1) is 5.95. The Bertz CT molecular complexity index is 115. The van der Waals surface area contributed by atoms with Gasteiger partial charge in [-0.05, 0) is 0 Å². The van der Waals surface area contributed by atoms with Gasteiger partial charge in [-0.25, -0.2) is 9.78 Å². The third-order valence-electron chi connectivity index (χ3n) is 2.11. The summed E-state index contributed by atoms with van der Waals surface area (Å²) in [5.74, 6) is 1.09. The molecule has 0 N–H and O–H groups in total. The van der Waals surface area contributed by atoms with Gasteiger partial charge in [-0.3, -0.25) is 0 Å². The van der Waals surface area contributed by atoms with Crippen molar-refractivity contribution in [1.82, 2.24) is 0 Å². The molecular formula is C8H14O4. The molecule has 70 valence electrons. The largest absolute Gasteiger partial charge is 0.381 e. The normalized spacial score (nSPS) is 25.0. The van der Waals surface area contributed by atoms with E-state index in [4.69, 9.17) is 19.2 Å². The lowest BCUT2D eigenvalue weighted by atomic mass is 10.1. The fraction of sp³-hybridized carbons (Fsp3) is 1.00. The van der Waals surface area contributed by atoms with Crippen molar-refractivity contribution >= 4 is 0 Å². The van der Waals surface area contributed by atoms with Crippen molar-refractivity contribution in [3.63, 3.8) is 0 Å². The Morgan fingerprint density at radius 2 is 1.25 bits per heavy atom. The van der Waals surface area contributed by atoms with Crippen LogP contribution in [-0.2, 0) is 19.2 Å². The summed E-state index contributed by atoms with van der Waals surface area (Å²) in [7, 11) is 0. The number of rotatable bonds is 5. The highest BCUT2D eigenvalue weighted by Crippen LogP contribution is 2.12. The molecule has 12 heavy (non-hydrogen) atoms. The molecule has 0 unspecified atom stereocenters. The Balaban J connectivity index is 1.40. The Morgan fingerprint density at radius 3 is 1.50 bits per heavy atom. The van der Waals surface area contributed by atoms with Crippen LogP contribution in [0.5, 0.6) is 0 Å². The second-order valence-corrected chi connectivity index (χ2v) is 3.38. The van der Waals surface area contributed by atoms with Gasteiger partial charge < -0.3 is 9.47 Å². The number of hydrogen-bond donors (Lipinski definition) is 0. The third-order valence-corrected chi connectivity index (χ3v) is 2.11. The van der Waals surface area contributed by atoms with E-state index in [1.165, 1.54) is 0 Å². The molecule has 0 bridgehead atoms. The van der Waals surface area contributed by atoms with Crippen molar-refractivity contribution in [2.75, 3.05) is 39.6 Å². The van der Waals surface area contributed by atoms with E-state index in [0.29, 0.717) is 25.0 Å². The predicted molar refractivity (Wildman–Crippen MR) is 40.5 cm³/mol. The van der Waals surface area contributed by atoms with Gasteiger partial charge in [0.05, 0.1) is 39.6 Å². The van der Waals surface area contributed by atoms with Crippen molar-refractivity contribution < 1.29 is 19.2 Å². The summed E-state index contributed by atoms with van der Waals surface area (Å²) in [5, 5.41) is 0. The van der Waals surface area contributed by atoms with Crippen molar-refractivity contribution in [3.05, 3.63) is 0 Å². The average molecular weight is 174 g/mol. The molecule has 2 aliphatic heterocycles. The van der Waals surface area contributed by atoms with Crippen molar-refractivity contribution in [3.8, 4) is 0 Å². The van der Waals surface area contributed by atoms with E-state index in [1.54, 1.807) is 0 Å². The van der Waals surface area contributed by atoms with E-state index in [-0.39, 0.29) is 0 Å². The second-order valence-electron chi connectivity index (χ2n) is 3.38. The van der Waals surface area contributed by atoms with Gasteiger partial charge in [-0.15, -0.1) is 0 Å². The van der Waals surface area contributed by atoms with E-state index in [1.807, 2.05) is 0 Å². The maximum Gasteiger partial charge on any atom is 0.0894 e. The van der Waals surface area contributed by atoms with E-state index in [9.17, 15) is 0 Å². The minimum atomic E-state index is 0.544. The number of hydrogen-bond acceptors (Lipinski definition) is 4. The Hall–Kier alpha value is -0.160. The van der Waals surface area contributed by atoms with Crippen LogP contribution in [0.25, 0.3) is 0 Å². The van der Waals surface area contributed by atoms with Crippen LogP contribution in [-0.4, -0.2) is 39.6 Å². The molecule has 0 atom stereocenters. The van der Waals surface area contributed by atoms with Crippen LogP contribution in [0.2, 0.25) is 0 Å². The maximum absolute atomic E-state index is 5.01. The van der Waals surface area contributed by atoms with Crippen LogP contribution < -0.4 is 0 Å². The Labute approximate surface area is 71.7 Å². The summed E-state index contributed by atoms with van der Waals surface area (Å²) < 4.78 is 9.98. The van der Waals surface area contributed by atoms with Gasteiger partial charge in [0.15, 0.2) is 0 Å². The van der Waals surface area contributed by atoms with Crippen LogP contribution >= 0.6 is 0 Å². The maximum atomic E-state index is 5.01. The van der Waals surface area contributed by atoms with Crippen molar-refractivity contribution in [2.45, 2.75) is 0 Å². The third kappa shape index (κ3) is 2.17. The summed E-state index contributed by atoms with van der Waals surface area (Å²) in [6, 6.07) is 0. The minimum absolute atomic E-state index is 0.544. The molecule has 2 aliphatic rings. The van der Waals surface area contributed by atoms with E-state index < -0.39 is 0 Å². The quantitative estimate of drug-likeness (QED) is 0.339. The van der Waals surface area contributed by atoms with Crippen LogP contribution in [0, 0.1) is 11.8 Å². The zero-order valence-corrected chi connectivity index (χ0v) is 7.03. The van der Waals surface area contributed by atoms with Crippen molar-refractivity contribution in [2.24, 2.45) is 11.8 Å². The lowest BCUT2D eigenvalue weighted by molar-refractivity contribution is -0.325. The molecule has 0 radical (unpaired) electrons. The van der Waals surface area contributed by atoms with E-state index >= 15 is 0 Å². The highest BCUT2D eigenvalue weighted by atomic mass is 17.2. The number of ether oxygens (including phenoxy) is 2. The lowest BCUT2D eigenvalue weighted by Gasteiger charge is -2.27. The van der Waals surface area contributed by atoms with Gasteiger partial charge in [0.2, 0.25) is 0 Å². The summed E-state index contributed by atoms with van der Waals surface area (Å²) in [4.78, 5) is 10.0. The minimum Gasteiger partial charge on any atom is -0.381 e. The monoisotopic (exact) mass is 174 g/mol. The zero-order chi connectivity index (χ0) is 8.23. The Kier molecular flexibility index (Phi) is 2.94. The van der Waals surface area contributed by atoms with Gasteiger partial charge in [-0.1, -0.05) is 0 Å². The summed E-state index contributed by atoms with van der Waals surface area (Å²) in [6.45, 7) is 4.58. The molecule has 0 saturated carbocycles. The van der Waals surface area contributed by atoms with Gasteiger partial charge in [0, 0.05) is 11.8 Å². The SMILES string of the molecule is C1OCC1COOCC1COC1. The summed E-state index contributed by atoms with van der Waals surface area (Å²) >= 11 is 0. The zero-order valence-electron chi connectivity index (χ0n) is 7.03. The first kappa shape index (κ1) is 8.44. The molecule has 4 heteroatoms.